The molecular weight excluding hydrogens is 372 g/mol. The quantitative estimate of drug-likeness (QED) is 0.541. The summed E-state index contributed by atoms with van der Waals surface area (Å²) in [5.41, 5.74) is 2.90. The van der Waals surface area contributed by atoms with Crippen molar-refractivity contribution in [3.63, 3.8) is 0 Å². The maximum Gasteiger partial charge on any atom is 0.258 e. The van der Waals surface area contributed by atoms with Crippen molar-refractivity contribution in [1.82, 2.24) is 24.7 Å². The first-order valence-corrected chi connectivity index (χ1v) is 8.89. The van der Waals surface area contributed by atoms with E-state index in [4.69, 9.17) is 9.47 Å². The number of anilines is 1. The largest absolute Gasteiger partial charge is 0.497 e. The average molecular weight is 392 g/mol. The molecule has 2 N–H and O–H groups in total. The van der Waals surface area contributed by atoms with Gasteiger partial charge < -0.3 is 14.0 Å². The Balaban J connectivity index is 1.57. The van der Waals surface area contributed by atoms with Crippen LogP contribution in [-0.2, 0) is 7.05 Å². The summed E-state index contributed by atoms with van der Waals surface area (Å²) in [6.07, 6.45) is 0. The van der Waals surface area contributed by atoms with Crippen LogP contribution in [-0.4, -0.2) is 44.9 Å². The average Bonchev–Trinajstić information content (AvgIpc) is 3.31. The van der Waals surface area contributed by atoms with Crippen LogP contribution in [0, 0.1) is 6.92 Å². The molecule has 0 radical (unpaired) electrons. The van der Waals surface area contributed by atoms with Crippen molar-refractivity contribution in [2.24, 2.45) is 7.05 Å². The van der Waals surface area contributed by atoms with E-state index in [0.29, 0.717) is 28.5 Å². The smallest absolute Gasteiger partial charge is 0.258 e. The molecule has 0 fully saturated rings. The highest BCUT2D eigenvalue weighted by Crippen LogP contribution is 2.31. The number of hydrogen-bond donors (Lipinski definition) is 2. The monoisotopic (exact) mass is 392 g/mol. The first kappa shape index (κ1) is 18.5. The lowest BCUT2D eigenvalue weighted by molar-refractivity contribution is 0.102. The Kier molecular flexibility index (Phi) is 4.63. The molecule has 0 aliphatic rings. The number of aromatic amines is 1. The zero-order valence-corrected chi connectivity index (χ0v) is 16.5. The Morgan fingerprint density at radius 1 is 1.10 bits per heavy atom. The lowest BCUT2D eigenvalue weighted by Gasteiger charge is -2.07. The van der Waals surface area contributed by atoms with Crippen molar-refractivity contribution in [1.29, 1.82) is 0 Å². The van der Waals surface area contributed by atoms with Gasteiger partial charge in [-0.3, -0.25) is 15.2 Å². The minimum atomic E-state index is -0.317. The van der Waals surface area contributed by atoms with Crippen LogP contribution in [0.2, 0.25) is 0 Å². The maximum atomic E-state index is 12.6. The SMILES string of the molecule is COc1ccc(-c2nc(NC(=O)c3ccc4c(c3)nc(C)n4C)n[nH]2)c(OC)c1. The third-order valence-electron chi connectivity index (χ3n) is 4.74. The Morgan fingerprint density at radius 2 is 1.93 bits per heavy atom. The van der Waals surface area contributed by atoms with Crippen LogP contribution in [0.15, 0.2) is 36.4 Å². The van der Waals surface area contributed by atoms with Crippen LogP contribution in [0.1, 0.15) is 16.2 Å². The number of fused-ring (bicyclic) bond motifs is 1. The van der Waals surface area contributed by atoms with Gasteiger partial charge in [0.15, 0.2) is 5.82 Å². The maximum absolute atomic E-state index is 12.6. The molecular formula is C20H20N6O3. The van der Waals surface area contributed by atoms with Gasteiger partial charge in [0.2, 0.25) is 5.95 Å². The highest BCUT2D eigenvalue weighted by atomic mass is 16.5. The molecule has 0 bridgehead atoms. The molecule has 148 valence electrons. The Hall–Kier alpha value is -3.88. The van der Waals surface area contributed by atoms with E-state index in [9.17, 15) is 4.79 Å². The molecule has 0 saturated heterocycles. The number of rotatable bonds is 5. The number of methoxy groups -OCH3 is 2. The molecule has 0 saturated carbocycles. The number of H-pyrrole nitrogens is 1. The number of imidazole rings is 1. The zero-order chi connectivity index (χ0) is 20.5. The number of aromatic nitrogens is 5. The summed E-state index contributed by atoms with van der Waals surface area (Å²) >= 11 is 0. The van der Waals surface area contributed by atoms with Gasteiger partial charge in [-0.05, 0) is 37.3 Å². The van der Waals surface area contributed by atoms with Crippen LogP contribution in [0.4, 0.5) is 5.95 Å². The predicted octanol–water partition coefficient (Wildman–Crippen LogP) is 2.94. The Labute approximate surface area is 166 Å². The van der Waals surface area contributed by atoms with Crippen LogP contribution in [0.25, 0.3) is 22.4 Å². The lowest BCUT2D eigenvalue weighted by atomic mass is 10.2. The number of carbonyl (C=O) groups is 1. The molecule has 2 heterocycles. The molecule has 2 aromatic carbocycles. The second-order valence-corrected chi connectivity index (χ2v) is 6.45. The number of ether oxygens (including phenoxy) is 2. The van der Waals surface area contributed by atoms with Gasteiger partial charge in [-0.25, -0.2) is 4.98 Å². The minimum absolute atomic E-state index is 0.167. The van der Waals surface area contributed by atoms with Gasteiger partial charge >= 0.3 is 0 Å². The van der Waals surface area contributed by atoms with Crippen LogP contribution in [0.5, 0.6) is 11.5 Å². The van der Waals surface area contributed by atoms with Gasteiger partial charge in [-0.15, -0.1) is 5.10 Å². The predicted molar refractivity (Wildman–Crippen MR) is 108 cm³/mol. The molecule has 4 rings (SSSR count). The highest BCUT2D eigenvalue weighted by molar-refractivity contribution is 6.05. The number of amides is 1. The summed E-state index contributed by atoms with van der Waals surface area (Å²) in [5.74, 6) is 2.44. The van der Waals surface area contributed by atoms with E-state index in [1.807, 2.05) is 24.6 Å². The second kappa shape index (κ2) is 7.27. The Bertz CT molecular complexity index is 1210. The van der Waals surface area contributed by atoms with Crippen molar-refractivity contribution in [2.45, 2.75) is 6.92 Å². The van der Waals surface area contributed by atoms with Gasteiger partial charge in [0.25, 0.3) is 5.91 Å². The van der Waals surface area contributed by atoms with Crippen LogP contribution < -0.4 is 14.8 Å². The molecule has 4 aromatic rings. The van der Waals surface area contributed by atoms with E-state index in [2.05, 4.69) is 25.5 Å². The van der Waals surface area contributed by atoms with Crippen molar-refractivity contribution in [2.75, 3.05) is 19.5 Å². The van der Waals surface area contributed by atoms with Crippen molar-refractivity contribution in [3.8, 4) is 22.9 Å². The molecule has 0 spiro atoms. The molecule has 9 heteroatoms. The summed E-state index contributed by atoms with van der Waals surface area (Å²) in [5, 5.41) is 9.60. The summed E-state index contributed by atoms with van der Waals surface area (Å²) in [6.45, 7) is 1.92. The first-order chi connectivity index (χ1) is 14.0. The fourth-order valence-electron chi connectivity index (χ4n) is 3.07. The first-order valence-electron chi connectivity index (χ1n) is 8.89. The van der Waals surface area contributed by atoms with Crippen LogP contribution in [0.3, 0.4) is 0 Å². The topological polar surface area (TPSA) is 107 Å². The molecule has 0 aliphatic heterocycles. The fraction of sp³-hybridized carbons (Fsp3) is 0.200. The van der Waals surface area contributed by atoms with Crippen molar-refractivity contribution >= 4 is 22.9 Å². The van der Waals surface area contributed by atoms with E-state index in [0.717, 1.165) is 16.9 Å². The van der Waals surface area contributed by atoms with E-state index in [1.165, 1.54) is 0 Å². The van der Waals surface area contributed by atoms with E-state index in [1.54, 1.807) is 44.6 Å². The summed E-state index contributed by atoms with van der Waals surface area (Å²) in [4.78, 5) is 21.4. The number of nitrogens with one attached hydrogen (secondary N) is 2. The minimum Gasteiger partial charge on any atom is -0.497 e. The number of benzene rings is 2. The fourth-order valence-corrected chi connectivity index (χ4v) is 3.07. The third kappa shape index (κ3) is 3.38. The molecule has 29 heavy (non-hydrogen) atoms. The van der Waals surface area contributed by atoms with E-state index in [-0.39, 0.29) is 11.9 Å². The number of carbonyl (C=O) groups excluding carboxylic acids is 1. The van der Waals surface area contributed by atoms with Crippen molar-refractivity contribution in [3.05, 3.63) is 47.8 Å². The normalized spacial score (nSPS) is 10.9. The molecule has 9 nitrogen and oxygen atoms in total. The zero-order valence-electron chi connectivity index (χ0n) is 16.5. The van der Waals surface area contributed by atoms with Gasteiger partial charge in [-0.2, -0.15) is 4.98 Å². The van der Waals surface area contributed by atoms with E-state index >= 15 is 0 Å². The Morgan fingerprint density at radius 3 is 2.69 bits per heavy atom. The van der Waals surface area contributed by atoms with Gasteiger partial charge in [-0.1, -0.05) is 0 Å². The number of nitrogens with zero attached hydrogens (tertiary/aromatic N) is 4. The molecule has 2 aromatic heterocycles. The summed E-state index contributed by atoms with van der Waals surface area (Å²) in [7, 11) is 5.08. The highest BCUT2D eigenvalue weighted by Gasteiger charge is 2.15. The second-order valence-electron chi connectivity index (χ2n) is 6.45. The number of aryl methyl sites for hydroxylation is 2. The van der Waals surface area contributed by atoms with Gasteiger partial charge in [0, 0.05) is 18.7 Å². The third-order valence-corrected chi connectivity index (χ3v) is 4.74. The lowest BCUT2D eigenvalue weighted by Crippen LogP contribution is -2.13. The summed E-state index contributed by atoms with van der Waals surface area (Å²) < 4.78 is 12.6. The van der Waals surface area contributed by atoms with E-state index < -0.39 is 0 Å². The van der Waals surface area contributed by atoms with Crippen LogP contribution >= 0.6 is 0 Å². The molecule has 0 unspecified atom stereocenters. The number of hydrogen-bond acceptors (Lipinski definition) is 6. The van der Waals surface area contributed by atoms with Gasteiger partial charge in [0.1, 0.15) is 17.3 Å². The van der Waals surface area contributed by atoms with Gasteiger partial charge in [0.05, 0.1) is 30.8 Å². The standard InChI is InChI=1S/C20H20N6O3/c1-11-21-15-9-12(5-8-16(15)26(11)2)19(27)23-20-22-18(24-25-20)14-7-6-13(28-3)10-17(14)29-4/h5-10H,1-4H3,(H2,22,23,24,25,27). The molecule has 0 aliphatic carbocycles. The molecule has 0 atom stereocenters. The molecule has 1 amide bonds. The summed E-state index contributed by atoms with van der Waals surface area (Å²) in [6, 6.07) is 10.7. The van der Waals surface area contributed by atoms with Crippen molar-refractivity contribution < 1.29 is 14.3 Å².